The van der Waals surface area contributed by atoms with Crippen molar-refractivity contribution in [3.8, 4) is 6.07 Å². The number of nitrogens with one attached hydrogen (secondary N) is 4. The van der Waals surface area contributed by atoms with E-state index in [2.05, 4.69) is 32.6 Å². The third-order valence-electron chi connectivity index (χ3n) is 7.23. The summed E-state index contributed by atoms with van der Waals surface area (Å²) in [6.45, 7) is 0. The average molecular weight is 619 g/mol. The van der Waals surface area contributed by atoms with Crippen molar-refractivity contribution < 1.29 is 14.2 Å². The van der Waals surface area contributed by atoms with Gasteiger partial charge in [-0.15, -0.1) is 5.53 Å². The fourth-order valence-electron chi connectivity index (χ4n) is 5.02. The van der Waals surface area contributed by atoms with Crippen molar-refractivity contribution in [1.82, 2.24) is 21.0 Å². The van der Waals surface area contributed by atoms with Crippen LogP contribution in [0.25, 0.3) is 10.9 Å². The van der Waals surface area contributed by atoms with Crippen molar-refractivity contribution in [2.45, 2.75) is 30.9 Å². The molecule has 3 aromatic carbocycles. The van der Waals surface area contributed by atoms with Gasteiger partial charge in [-0.2, -0.15) is 5.26 Å². The van der Waals surface area contributed by atoms with Gasteiger partial charge < -0.3 is 16.1 Å². The van der Waals surface area contributed by atoms with Crippen LogP contribution in [-0.2, 0) is 9.84 Å². The molecule has 0 amide bonds. The van der Waals surface area contributed by atoms with Crippen molar-refractivity contribution in [3.05, 3.63) is 112 Å². The van der Waals surface area contributed by atoms with Crippen LogP contribution in [-0.4, -0.2) is 36.5 Å². The summed E-state index contributed by atoms with van der Waals surface area (Å²) in [4.78, 5) is 4.42. The van der Waals surface area contributed by atoms with Gasteiger partial charge in [0, 0.05) is 35.8 Å². The molecule has 0 spiro atoms. The largest absolute Gasteiger partial charge is 0.376 e. The Morgan fingerprint density at radius 2 is 1.91 bits per heavy atom. The van der Waals surface area contributed by atoms with Gasteiger partial charge in [0.25, 0.3) is 0 Å². The van der Waals surface area contributed by atoms with E-state index in [1.54, 1.807) is 12.1 Å². The molecule has 1 aliphatic heterocycles. The van der Waals surface area contributed by atoms with E-state index in [1.165, 1.54) is 30.5 Å². The molecular formula is C31H29ClFN7O2S. The Labute approximate surface area is 255 Å². The maximum Gasteiger partial charge on any atom is 0.149 e. The summed E-state index contributed by atoms with van der Waals surface area (Å²) in [6.07, 6.45) is 6.43. The first-order valence-corrected chi connectivity index (χ1v) is 16.1. The summed E-state index contributed by atoms with van der Waals surface area (Å²) >= 11 is 6.75. The molecule has 43 heavy (non-hydrogen) atoms. The fourth-order valence-corrected chi connectivity index (χ4v) is 6.17. The lowest BCUT2D eigenvalue weighted by molar-refractivity contribution is 0.260. The van der Waals surface area contributed by atoms with Crippen LogP contribution in [0.4, 0.5) is 15.8 Å². The molecule has 1 unspecified atom stereocenters. The first kappa shape index (κ1) is 27.5. The second-order valence-corrected chi connectivity index (χ2v) is 13.2. The molecule has 4 aromatic rings. The third kappa shape index (κ3) is 6.51. The molecule has 6 rings (SSSR count). The number of sulfone groups is 1. The van der Waals surface area contributed by atoms with E-state index >= 15 is 0 Å². The lowest BCUT2D eigenvalue weighted by atomic mass is 10.0. The van der Waals surface area contributed by atoms with Gasteiger partial charge in [-0.3, -0.25) is 9.99 Å². The minimum Gasteiger partial charge on any atom is -0.376 e. The molecule has 4 N–H and O–H groups in total. The van der Waals surface area contributed by atoms with E-state index in [9.17, 15) is 19.4 Å². The Kier molecular flexibility index (Phi) is 7.49. The molecule has 2 atom stereocenters. The zero-order valence-electron chi connectivity index (χ0n) is 24.1. The van der Waals surface area contributed by atoms with Crippen molar-refractivity contribution in [2.24, 2.45) is 0 Å². The number of rotatable bonds is 10. The van der Waals surface area contributed by atoms with Crippen LogP contribution in [0.3, 0.4) is 0 Å². The van der Waals surface area contributed by atoms with Crippen LogP contribution in [0.2, 0.25) is 5.02 Å². The highest BCUT2D eigenvalue weighted by Crippen LogP contribution is 2.38. The van der Waals surface area contributed by atoms with Crippen LogP contribution in [0.1, 0.15) is 43.0 Å². The van der Waals surface area contributed by atoms with Crippen molar-refractivity contribution in [2.75, 3.05) is 22.6 Å². The second kappa shape index (κ2) is 11.7. The van der Waals surface area contributed by atoms with Crippen LogP contribution >= 0.6 is 11.6 Å². The molecule has 2 aliphatic rings. The van der Waals surface area contributed by atoms with Gasteiger partial charge in [0.05, 0.1) is 46.7 Å². The molecule has 0 saturated heterocycles. The highest BCUT2D eigenvalue weighted by atomic mass is 35.5. The van der Waals surface area contributed by atoms with E-state index in [-0.39, 0.29) is 16.3 Å². The number of fused-ring (bicyclic) bond motifs is 1. The Balaban J connectivity index is 1.46. The molecule has 12 heteroatoms. The number of halogens is 2. The number of hydrogen-bond acceptors (Lipinski definition) is 9. The summed E-state index contributed by atoms with van der Waals surface area (Å²) in [6, 6.07) is 18.3. The fraction of sp³-hybridized carbons (Fsp3) is 0.226. The molecule has 0 radical (unpaired) electrons. The van der Waals surface area contributed by atoms with Crippen LogP contribution in [0.15, 0.2) is 84.8 Å². The van der Waals surface area contributed by atoms with Gasteiger partial charge in [0.2, 0.25) is 0 Å². The van der Waals surface area contributed by atoms with E-state index in [1.807, 2.05) is 41.5 Å². The zero-order chi connectivity index (χ0) is 31.1. The topological polar surface area (TPSA) is 122 Å². The Hall–Kier alpha value is -4.37. The Morgan fingerprint density at radius 1 is 1.16 bits per heavy atom. The molecule has 1 fully saturated rings. The normalized spacial score (nSPS) is 17.3. The van der Waals surface area contributed by atoms with E-state index in [0.29, 0.717) is 39.6 Å². The molecule has 1 saturated carbocycles. The molecule has 0 bridgehead atoms. The highest BCUT2D eigenvalue weighted by molar-refractivity contribution is 7.90. The first-order chi connectivity index (χ1) is 21.0. The zero-order valence-corrected chi connectivity index (χ0v) is 24.7. The number of hydrogen-bond donors (Lipinski definition) is 4. The predicted octanol–water partition coefficient (Wildman–Crippen LogP) is 5.58. The van der Waals surface area contributed by atoms with Gasteiger partial charge in [0.15, 0.2) is 0 Å². The maximum atomic E-state index is 13.9. The van der Waals surface area contributed by atoms with Gasteiger partial charge in [0.1, 0.15) is 21.7 Å². The van der Waals surface area contributed by atoms with Gasteiger partial charge in [-0.25, -0.2) is 12.8 Å². The maximum absolute atomic E-state index is 13.9. The standard InChI is InChI=1S/C31H29ClFN7O2S/c1-43(41,42)18-28(19-5-3-2-4-6-19)37-29-21(15-34)16-35-31-25(29)13-23(14-26(31)32)36-30(20-7-9-22(33)10-8-20)27-17-40(39-38-27)24-11-12-24/h2-10,13-14,16-17,24,28,30,36,38-39H,11-12,18H2,1H3,(H,35,37)/t28?,30-/m0/s1/i30D. The van der Waals surface area contributed by atoms with Gasteiger partial charge >= 0.3 is 0 Å². The SMILES string of the molecule is [2H][C@@](Nc1cc(Cl)c2ncc(C#N)c(NC(CS(C)(=O)=O)c3ccccc3)c2c1)(C1=CN(C2CC2)NN1)c1ccc(F)cc1. The van der Waals surface area contributed by atoms with Crippen LogP contribution in [0, 0.1) is 17.1 Å². The third-order valence-corrected chi connectivity index (χ3v) is 8.46. The summed E-state index contributed by atoms with van der Waals surface area (Å²) in [7, 11) is -3.43. The van der Waals surface area contributed by atoms with Crippen LogP contribution < -0.4 is 21.6 Å². The van der Waals surface area contributed by atoms with Gasteiger partial charge in [-0.05, 0) is 48.2 Å². The minimum atomic E-state index is -3.43. The van der Waals surface area contributed by atoms with E-state index in [0.717, 1.165) is 24.7 Å². The quantitative estimate of drug-likeness (QED) is 0.180. The van der Waals surface area contributed by atoms with Crippen molar-refractivity contribution in [3.63, 3.8) is 0 Å². The lowest BCUT2D eigenvalue weighted by Gasteiger charge is -2.24. The predicted molar refractivity (Wildman–Crippen MR) is 166 cm³/mol. The number of aromatic nitrogens is 1. The number of anilines is 2. The van der Waals surface area contributed by atoms with E-state index < -0.39 is 27.7 Å². The summed E-state index contributed by atoms with van der Waals surface area (Å²) in [5.74, 6) is -0.647. The number of hydrazine groups is 2. The molecular weight excluding hydrogens is 589 g/mol. The monoisotopic (exact) mass is 618 g/mol. The van der Waals surface area contributed by atoms with Crippen molar-refractivity contribution >= 4 is 43.7 Å². The summed E-state index contributed by atoms with van der Waals surface area (Å²) < 4.78 is 48.4. The smallest absolute Gasteiger partial charge is 0.149 e. The Morgan fingerprint density at radius 3 is 2.58 bits per heavy atom. The summed E-state index contributed by atoms with van der Waals surface area (Å²) in [5, 5.41) is 19.2. The van der Waals surface area contributed by atoms with Crippen molar-refractivity contribution in [1.29, 1.82) is 5.26 Å². The Bertz CT molecular complexity index is 1900. The number of pyridine rings is 1. The molecule has 220 valence electrons. The first-order valence-electron chi connectivity index (χ1n) is 14.1. The molecule has 1 aliphatic carbocycles. The lowest BCUT2D eigenvalue weighted by Crippen LogP contribution is -2.38. The highest BCUT2D eigenvalue weighted by Gasteiger charge is 2.32. The summed E-state index contributed by atoms with van der Waals surface area (Å²) in [5.41, 5.74) is 9.21. The number of nitriles is 1. The second-order valence-electron chi connectivity index (χ2n) is 10.6. The number of nitrogens with zero attached hydrogens (tertiary/aromatic N) is 3. The average Bonchev–Trinajstić information content (AvgIpc) is 3.72. The van der Waals surface area contributed by atoms with E-state index in [4.69, 9.17) is 11.6 Å². The number of benzene rings is 3. The molecule has 2 heterocycles. The minimum absolute atomic E-state index is 0.195. The van der Waals surface area contributed by atoms with Crippen LogP contribution in [0.5, 0.6) is 0 Å². The van der Waals surface area contributed by atoms with Gasteiger partial charge in [-0.1, -0.05) is 54.1 Å². The molecule has 9 nitrogen and oxygen atoms in total. The molecule has 1 aromatic heterocycles.